The summed E-state index contributed by atoms with van der Waals surface area (Å²) in [5.74, 6) is 0.306. The summed E-state index contributed by atoms with van der Waals surface area (Å²) in [6, 6.07) is 10.8. The van der Waals surface area contributed by atoms with Crippen molar-refractivity contribution >= 4 is 11.8 Å². The van der Waals surface area contributed by atoms with Gasteiger partial charge >= 0.3 is 0 Å². The molecule has 2 aromatic rings. The molecule has 180 valence electrons. The van der Waals surface area contributed by atoms with E-state index in [0.29, 0.717) is 49.9 Å². The molecule has 3 aliphatic rings. The molecule has 2 unspecified atom stereocenters. The number of nitrogens with zero attached hydrogens (tertiary/aromatic N) is 2. The fourth-order valence-electron chi connectivity index (χ4n) is 4.55. The first-order valence-corrected chi connectivity index (χ1v) is 11.5. The van der Waals surface area contributed by atoms with Crippen LogP contribution in [0.4, 0.5) is 4.39 Å². The van der Waals surface area contributed by atoms with Crippen LogP contribution in [0, 0.1) is 5.82 Å². The molecule has 3 aliphatic heterocycles. The normalized spacial score (nSPS) is 21.5. The molecule has 0 radical (unpaired) electrons. The highest BCUT2D eigenvalue weighted by Gasteiger charge is 2.31. The minimum absolute atomic E-state index is 0.0625. The number of rotatable bonds is 6. The van der Waals surface area contributed by atoms with Crippen molar-refractivity contribution < 1.29 is 32.9 Å². The molecule has 2 saturated heterocycles. The van der Waals surface area contributed by atoms with Gasteiger partial charge in [0.2, 0.25) is 6.79 Å². The van der Waals surface area contributed by atoms with Crippen LogP contribution < -0.4 is 9.47 Å². The first-order valence-electron chi connectivity index (χ1n) is 11.5. The van der Waals surface area contributed by atoms with E-state index in [-0.39, 0.29) is 42.9 Å². The zero-order chi connectivity index (χ0) is 23.5. The lowest BCUT2D eigenvalue weighted by Gasteiger charge is -2.36. The largest absolute Gasteiger partial charge is 0.454 e. The van der Waals surface area contributed by atoms with E-state index in [1.807, 2.05) is 0 Å². The Morgan fingerprint density at radius 3 is 2.62 bits per heavy atom. The maximum atomic E-state index is 13.8. The van der Waals surface area contributed by atoms with Gasteiger partial charge in [0, 0.05) is 43.9 Å². The average molecular weight is 470 g/mol. The zero-order valence-corrected chi connectivity index (χ0v) is 18.8. The van der Waals surface area contributed by atoms with Crippen LogP contribution in [0.3, 0.4) is 0 Å². The summed E-state index contributed by atoms with van der Waals surface area (Å²) in [6.45, 7) is 2.64. The number of carbonyl (C=O) groups is 2. The van der Waals surface area contributed by atoms with Crippen molar-refractivity contribution in [3.05, 3.63) is 59.4 Å². The third-order valence-electron chi connectivity index (χ3n) is 6.28. The molecule has 0 aliphatic carbocycles. The second-order valence-electron chi connectivity index (χ2n) is 8.67. The Morgan fingerprint density at radius 2 is 1.79 bits per heavy atom. The molecule has 2 atom stereocenters. The van der Waals surface area contributed by atoms with Crippen LogP contribution in [-0.4, -0.2) is 80.0 Å². The van der Waals surface area contributed by atoms with Crippen molar-refractivity contribution in [2.45, 2.75) is 25.0 Å². The van der Waals surface area contributed by atoms with Crippen LogP contribution in [0.25, 0.3) is 0 Å². The lowest BCUT2D eigenvalue weighted by atomic mass is 10.1. The Hall–Kier alpha value is -3.17. The number of hydrogen-bond donors (Lipinski definition) is 0. The quantitative estimate of drug-likeness (QED) is 0.646. The Bertz CT molecular complexity index is 1060. The minimum atomic E-state index is -0.461. The van der Waals surface area contributed by atoms with Gasteiger partial charge in [0.15, 0.2) is 11.5 Å². The lowest BCUT2D eigenvalue weighted by Crippen LogP contribution is -2.51. The van der Waals surface area contributed by atoms with Crippen LogP contribution in [0.5, 0.6) is 11.5 Å². The van der Waals surface area contributed by atoms with Crippen molar-refractivity contribution in [1.82, 2.24) is 9.80 Å². The maximum absolute atomic E-state index is 13.8. The van der Waals surface area contributed by atoms with Crippen LogP contribution in [0.15, 0.2) is 42.5 Å². The summed E-state index contributed by atoms with van der Waals surface area (Å²) in [4.78, 5) is 29.8. The number of carbonyl (C=O) groups excluding carboxylic acids is 2. The molecule has 2 aromatic carbocycles. The van der Waals surface area contributed by atoms with E-state index in [9.17, 15) is 14.0 Å². The van der Waals surface area contributed by atoms with Crippen LogP contribution in [-0.2, 0) is 9.47 Å². The molecular formula is C25H27FN2O6. The van der Waals surface area contributed by atoms with Crippen LogP contribution >= 0.6 is 0 Å². The molecule has 0 N–H and O–H groups in total. The number of ether oxygens (including phenoxy) is 4. The Labute approximate surface area is 197 Å². The van der Waals surface area contributed by atoms with E-state index in [1.165, 1.54) is 18.2 Å². The SMILES string of the molecule is O=C(c1ccc2c(c1)OCO2)N1CCOC(CN(CC2CCCO2)C(=O)c2cccc(F)c2)C1. The molecule has 8 nitrogen and oxygen atoms in total. The number of benzene rings is 2. The van der Waals surface area contributed by atoms with Gasteiger partial charge in [-0.3, -0.25) is 9.59 Å². The molecule has 3 heterocycles. The highest BCUT2D eigenvalue weighted by atomic mass is 19.1. The summed E-state index contributed by atoms with van der Waals surface area (Å²) in [5, 5.41) is 0. The van der Waals surface area contributed by atoms with E-state index >= 15 is 0 Å². The van der Waals surface area contributed by atoms with Crippen molar-refractivity contribution in [3.8, 4) is 11.5 Å². The van der Waals surface area contributed by atoms with Gasteiger partial charge in [0.25, 0.3) is 11.8 Å². The molecule has 0 saturated carbocycles. The van der Waals surface area contributed by atoms with Crippen molar-refractivity contribution in [2.24, 2.45) is 0 Å². The number of halogens is 1. The van der Waals surface area contributed by atoms with Crippen molar-refractivity contribution in [3.63, 3.8) is 0 Å². The van der Waals surface area contributed by atoms with Crippen molar-refractivity contribution in [1.29, 1.82) is 0 Å². The summed E-state index contributed by atoms with van der Waals surface area (Å²) in [7, 11) is 0. The highest BCUT2D eigenvalue weighted by Crippen LogP contribution is 2.33. The van der Waals surface area contributed by atoms with Gasteiger partial charge in [0.05, 0.1) is 18.8 Å². The van der Waals surface area contributed by atoms with E-state index in [1.54, 1.807) is 34.1 Å². The fraction of sp³-hybridized carbons (Fsp3) is 0.440. The third-order valence-corrected chi connectivity index (χ3v) is 6.28. The Morgan fingerprint density at radius 1 is 0.971 bits per heavy atom. The molecule has 9 heteroatoms. The Balaban J connectivity index is 1.28. The van der Waals surface area contributed by atoms with E-state index in [0.717, 1.165) is 12.8 Å². The first kappa shape index (κ1) is 22.6. The van der Waals surface area contributed by atoms with E-state index in [2.05, 4.69) is 0 Å². The summed E-state index contributed by atoms with van der Waals surface area (Å²) in [5.41, 5.74) is 0.791. The van der Waals surface area contributed by atoms with Gasteiger partial charge in [-0.25, -0.2) is 4.39 Å². The second-order valence-corrected chi connectivity index (χ2v) is 8.67. The summed E-state index contributed by atoms with van der Waals surface area (Å²) >= 11 is 0. The van der Waals surface area contributed by atoms with E-state index < -0.39 is 5.82 Å². The molecule has 0 aromatic heterocycles. The minimum Gasteiger partial charge on any atom is -0.454 e. The maximum Gasteiger partial charge on any atom is 0.254 e. The predicted molar refractivity (Wildman–Crippen MR) is 119 cm³/mol. The van der Waals surface area contributed by atoms with Gasteiger partial charge < -0.3 is 28.7 Å². The molecule has 5 rings (SSSR count). The second kappa shape index (κ2) is 9.99. The Kier molecular flexibility index (Phi) is 6.64. The monoisotopic (exact) mass is 470 g/mol. The summed E-state index contributed by atoms with van der Waals surface area (Å²) < 4.78 is 36.1. The van der Waals surface area contributed by atoms with Crippen LogP contribution in [0.2, 0.25) is 0 Å². The molecule has 0 bridgehead atoms. The smallest absolute Gasteiger partial charge is 0.254 e. The van der Waals surface area contributed by atoms with Gasteiger partial charge in [-0.05, 0) is 49.2 Å². The highest BCUT2D eigenvalue weighted by molar-refractivity contribution is 5.95. The molecule has 2 fully saturated rings. The standard InChI is InChI=1S/C25H27FN2O6/c26-19-4-1-3-17(11-19)25(30)28(13-20-5-2-9-31-20)15-21-14-27(8-10-32-21)24(29)18-6-7-22-23(12-18)34-16-33-22/h1,3-4,6-7,11-12,20-21H,2,5,8-10,13-16H2. The molecule has 2 amide bonds. The first-order chi connectivity index (χ1) is 16.6. The van der Waals surface area contributed by atoms with Gasteiger partial charge in [0.1, 0.15) is 5.82 Å². The fourth-order valence-corrected chi connectivity index (χ4v) is 4.55. The number of amides is 2. The van der Waals surface area contributed by atoms with Gasteiger partial charge in [-0.1, -0.05) is 6.07 Å². The average Bonchev–Trinajstić information content (AvgIpc) is 3.54. The van der Waals surface area contributed by atoms with E-state index in [4.69, 9.17) is 18.9 Å². The predicted octanol–water partition coefficient (Wildman–Crippen LogP) is 2.72. The zero-order valence-electron chi connectivity index (χ0n) is 18.8. The molecule has 0 spiro atoms. The third kappa shape index (κ3) is 5.00. The number of hydrogen-bond acceptors (Lipinski definition) is 6. The summed E-state index contributed by atoms with van der Waals surface area (Å²) in [6.07, 6.45) is 1.38. The molecule has 34 heavy (non-hydrogen) atoms. The van der Waals surface area contributed by atoms with Gasteiger partial charge in [-0.2, -0.15) is 0 Å². The topological polar surface area (TPSA) is 77.5 Å². The van der Waals surface area contributed by atoms with Crippen LogP contribution in [0.1, 0.15) is 33.6 Å². The number of fused-ring (bicyclic) bond motifs is 1. The molecular weight excluding hydrogens is 443 g/mol. The number of morpholine rings is 1. The van der Waals surface area contributed by atoms with Gasteiger partial charge in [-0.15, -0.1) is 0 Å². The van der Waals surface area contributed by atoms with Crippen molar-refractivity contribution in [2.75, 3.05) is 46.2 Å². The lowest BCUT2D eigenvalue weighted by molar-refractivity contribution is -0.0375.